The molecule has 11 heteroatoms. The Labute approximate surface area is 200 Å². The van der Waals surface area contributed by atoms with Crippen molar-refractivity contribution in [2.75, 3.05) is 18.5 Å². The molecule has 0 bridgehead atoms. The minimum absolute atomic E-state index is 0.00813. The quantitative estimate of drug-likeness (QED) is 0.436. The van der Waals surface area contributed by atoms with E-state index >= 15 is 0 Å². The molecule has 1 aliphatic heterocycles. The van der Waals surface area contributed by atoms with Gasteiger partial charge < -0.3 is 10.1 Å². The van der Waals surface area contributed by atoms with Gasteiger partial charge in [-0.05, 0) is 62.5 Å². The van der Waals surface area contributed by atoms with Gasteiger partial charge in [0, 0.05) is 12.2 Å². The van der Waals surface area contributed by atoms with Gasteiger partial charge in [-0.3, -0.25) is 24.7 Å². The van der Waals surface area contributed by atoms with Crippen LogP contribution in [0.2, 0.25) is 0 Å². The first-order valence-electron chi connectivity index (χ1n) is 10.5. The van der Waals surface area contributed by atoms with E-state index in [0.717, 1.165) is 11.1 Å². The molecule has 3 rings (SSSR count). The fourth-order valence-electron chi connectivity index (χ4n) is 3.35. The zero-order valence-corrected chi connectivity index (χ0v) is 19.4. The van der Waals surface area contributed by atoms with Crippen molar-refractivity contribution in [3.63, 3.8) is 0 Å². The molecule has 1 aliphatic rings. The molecule has 34 heavy (non-hydrogen) atoms. The maximum atomic E-state index is 14.0. The smallest absolute Gasteiger partial charge is 0.338 e. The average Bonchev–Trinajstić information content (AvgIpc) is 3.03. The minimum atomic E-state index is -1.11. The number of anilines is 1. The molecule has 2 aromatic rings. The van der Waals surface area contributed by atoms with Crippen LogP contribution in [-0.4, -0.2) is 57.9 Å². The third kappa shape index (κ3) is 5.37. The van der Waals surface area contributed by atoms with E-state index in [1.54, 1.807) is 13.8 Å². The first-order valence-corrected chi connectivity index (χ1v) is 10.9. The Balaban J connectivity index is 1.72. The summed E-state index contributed by atoms with van der Waals surface area (Å²) in [5, 5.41) is 3.76. The largest absolute Gasteiger partial charge is 0.462 e. The third-order valence-electron chi connectivity index (χ3n) is 5.01. The number of hydrogen-bond acceptors (Lipinski definition) is 6. The van der Waals surface area contributed by atoms with Gasteiger partial charge in [-0.1, -0.05) is 12.1 Å². The molecule has 0 aliphatic carbocycles. The number of halogens is 1. The van der Waals surface area contributed by atoms with Crippen molar-refractivity contribution in [1.82, 2.24) is 15.3 Å². The van der Waals surface area contributed by atoms with E-state index < -0.39 is 35.5 Å². The topological polar surface area (TPSA) is 108 Å². The Kier molecular flexibility index (Phi) is 7.90. The van der Waals surface area contributed by atoms with Crippen molar-refractivity contribution in [2.45, 2.75) is 26.3 Å². The molecular weight excluding hydrogens is 463 g/mol. The van der Waals surface area contributed by atoms with Crippen LogP contribution in [0.1, 0.15) is 41.0 Å². The van der Waals surface area contributed by atoms with Crippen LogP contribution in [0.3, 0.4) is 0 Å². The number of esters is 1. The van der Waals surface area contributed by atoms with Crippen LogP contribution in [0.25, 0.3) is 0 Å². The molecule has 2 aromatic carbocycles. The molecule has 1 fully saturated rings. The van der Waals surface area contributed by atoms with Gasteiger partial charge in [0.15, 0.2) is 5.11 Å². The average molecular weight is 487 g/mol. The molecule has 9 nitrogen and oxygen atoms in total. The van der Waals surface area contributed by atoms with Crippen molar-refractivity contribution in [1.29, 1.82) is 0 Å². The molecular formula is C23H23FN4O5S. The van der Waals surface area contributed by atoms with Crippen LogP contribution < -0.4 is 10.7 Å². The number of hydrazine groups is 1. The number of ether oxygens (including phenoxy) is 1. The third-order valence-corrected chi connectivity index (χ3v) is 5.43. The molecule has 2 N–H and O–H groups in total. The Morgan fingerprint density at radius 3 is 2.38 bits per heavy atom. The number of carbonyl (C=O) groups is 4. The second-order valence-corrected chi connectivity index (χ2v) is 7.59. The fraction of sp³-hybridized carbons (Fsp3) is 0.261. The fourth-order valence-corrected chi connectivity index (χ4v) is 3.74. The molecule has 3 amide bonds. The molecule has 0 radical (unpaired) electrons. The lowest BCUT2D eigenvalue weighted by Gasteiger charge is -2.24. The van der Waals surface area contributed by atoms with Crippen LogP contribution in [-0.2, 0) is 14.3 Å². The van der Waals surface area contributed by atoms with Gasteiger partial charge in [0.1, 0.15) is 11.9 Å². The predicted molar refractivity (Wildman–Crippen MR) is 125 cm³/mol. The van der Waals surface area contributed by atoms with E-state index in [4.69, 9.17) is 17.0 Å². The van der Waals surface area contributed by atoms with E-state index in [1.165, 1.54) is 47.4 Å². The van der Waals surface area contributed by atoms with E-state index in [9.17, 15) is 23.6 Å². The lowest BCUT2D eigenvalue weighted by atomic mass is 10.1. The summed E-state index contributed by atoms with van der Waals surface area (Å²) in [5.41, 5.74) is 2.96. The summed E-state index contributed by atoms with van der Waals surface area (Å²) in [4.78, 5) is 51.1. The Hall–Kier alpha value is -3.86. The summed E-state index contributed by atoms with van der Waals surface area (Å²) < 4.78 is 18.9. The van der Waals surface area contributed by atoms with Gasteiger partial charge in [0.2, 0.25) is 5.91 Å². The number of rotatable bonds is 8. The molecule has 1 atom stereocenters. The Morgan fingerprint density at radius 2 is 1.76 bits per heavy atom. The summed E-state index contributed by atoms with van der Waals surface area (Å²) in [6.07, 6.45) is -0.327. The normalized spacial score (nSPS) is 15.3. The number of thiocarbonyl (C=S) groups is 1. The van der Waals surface area contributed by atoms with E-state index in [2.05, 4.69) is 10.7 Å². The number of amides is 3. The van der Waals surface area contributed by atoms with Crippen LogP contribution >= 0.6 is 12.2 Å². The zero-order chi connectivity index (χ0) is 24.8. The number of likely N-dealkylation sites (N-methyl/N-ethyl adjacent to an activating group) is 1. The van der Waals surface area contributed by atoms with Gasteiger partial charge in [-0.15, -0.1) is 0 Å². The van der Waals surface area contributed by atoms with E-state index in [0.29, 0.717) is 11.3 Å². The molecule has 0 aromatic heterocycles. The second kappa shape index (κ2) is 10.8. The highest BCUT2D eigenvalue weighted by molar-refractivity contribution is 7.80. The van der Waals surface area contributed by atoms with Crippen LogP contribution in [0, 0.1) is 5.82 Å². The van der Waals surface area contributed by atoms with Gasteiger partial charge in [0.25, 0.3) is 11.8 Å². The van der Waals surface area contributed by atoms with Gasteiger partial charge in [0.05, 0.1) is 24.2 Å². The number of nitrogens with zero attached hydrogens (tertiary/aromatic N) is 2. The lowest BCUT2D eigenvalue weighted by Crippen LogP contribution is -2.49. The highest BCUT2D eigenvalue weighted by atomic mass is 32.1. The van der Waals surface area contributed by atoms with Gasteiger partial charge in [-0.2, -0.15) is 0 Å². The number of nitrogens with one attached hydrogen (secondary N) is 2. The van der Waals surface area contributed by atoms with Crippen molar-refractivity contribution < 1.29 is 28.3 Å². The van der Waals surface area contributed by atoms with E-state index in [-0.39, 0.29) is 30.2 Å². The summed E-state index contributed by atoms with van der Waals surface area (Å²) in [7, 11) is 0. The van der Waals surface area contributed by atoms with E-state index in [1.807, 2.05) is 0 Å². The summed E-state index contributed by atoms with van der Waals surface area (Å²) in [5.74, 6) is -3.00. The molecule has 178 valence electrons. The monoisotopic (exact) mass is 486 g/mol. The SMILES string of the molecule is CCOC(=O)c1ccc(NC(=O)CC2C(=O)N(CC)C(=S)N2NC(=O)c2ccccc2F)cc1. The Bertz CT molecular complexity index is 1120. The number of carbonyl (C=O) groups excluding carboxylic acids is 4. The second-order valence-electron chi connectivity index (χ2n) is 7.22. The number of hydrogen-bond donors (Lipinski definition) is 2. The first-order chi connectivity index (χ1) is 16.3. The summed E-state index contributed by atoms with van der Waals surface area (Å²) in [6, 6.07) is 10.3. The maximum Gasteiger partial charge on any atom is 0.338 e. The highest BCUT2D eigenvalue weighted by Crippen LogP contribution is 2.20. The van der Waals surface area contributed by atoms with Crippen LogP contribution in [0.15, 0.2) is 48.5 Å². The zero-order valence-electron chi connectivity index (χ0n) is 18.5. The summed E-state index contributed by atoms with van der Waals surface area (Å²) in [6.45, 7) is 3.88. The van der Waals surface area contributed by atoms with Gasteiger partial charge >= 0.3 is 5.97 Å². The van der Waals surface area contributed by atoms with Crippen LogP contribution in [0.5, 0.6) is 0 Å². The summed E-state index contributed by atoms with van der Waals surface area (Å²) >= 11 is 5.31. The van der Waals surface area contributed by atoms with Crippen molar-refractivity contribution in [3.8, 4) is 0 Å². The number of benzene rings is 2. The van der Waals surface area contributed by atoms with Crippen LogP contribution in [0.4, 0.5) is 10.1 Å². The molecule has 1 unspecified atom stereocenters. The Morgan fingerprint density at radius 1 is 1.09 bits per heavy atom. The molecule has 1 saturated heterocycles. The van der Waals surface area contributed by atoms with Crippen molar-refractivity contribution >= 4 is 46.7 Å². The predicted octanol–water partition coefficient (Wildman–Crippen LogP) is 2.49. The molecule has 1 heterocycles. The standard InChI is InChI=1S/C23H23FN4O5S/c1-3-27-21(31)18(28(23(27)34)26-20(30)16-7-5-6-8-17(16)24)13-19(29)25-15-11-9-14(10-12-15)22(32)33-4-2/h5-12,18H,3-4,13H2,1-2H3,(H,25,29)(H,26,30). The van der Waals surface area contributed by atoms with Gasteiger partial charge in [-0.25, -0.2) is 14.2 Å². The van der Waals surface area contributed by atoms with Crippen molar-refractivity contribution in [3.05, 3.63) is 65.5 Å². The molecule has 0 saturated carbocycles. The lowest BCUT2D eigenvalue weighted by molar-refractivity contribution is -0.130. The highest BCUT2D eigenvalue weighted by Gasteiger charge is 2.44. The van der Waals surface area contributed by atoms with Crippen molar-refractivity contribution in [2.24, 2.45) is 0 Å². The minimum Gasteiger partial charge on any atom is -0.462 e. The maximum absolute atomic E-state index is 14.0. The molecule has 0 spiro atoms. The first kappa shape index (κ1) is 24.8.